The van der Waals surface area contributed by atoms with Crippen LogP contribution in [-0.2, 0) is 44.6 Å². The standard InChI is InChI=1S/C21H27NO8/c1-12(23)27-19(20(25)22-11-13-8-6-5-7-9-13)17-18-16(29-21(2,3)30-18)14(28-17)10-15(24)26-4/h5-9,14,16-19H,10-11H2,1-4H3,(H,22,25)/t14-,16-,17-,18-,19-/m0/s1. The first-order chi connectivity index (χ1) is 14.2. The third kappa shape index (κ3) is 5.16. The molecule has 0 bridgehead atoms. The van der Waals surface area contributed by atoms with Crippen molar-refractivity contribution in [1.82, 2.24) is 5.32 Å². The van der Waals surface area contributed by atoms with Gasteiger partial charge >= 0.3 is 11.9 Å². The van der Waals surface area contributed by atoms with Crippen LogP contribution in [0.15, 0.2) is 30.3 Å². The zero-order chi connectivity index (χ0) is 21.9. The molecule has 2 fully saturated rings. The van der Waals surface area contributed by atoms with Crippen molar-refractivity contribution < 1.29 is 38.1 Å². The molecule has 1 aromatic rings. The molecule has 1 amide bonds. The van der Waals surface area contributed by atoms with E-state index < -0.39 is 54.2 Å². The molecule has 0 saturated carbocycles. The van der Waals surface area contributed by atoms with E-state index in [0.29, 0.717) is 0 Å². The Morgan fingerprint density at radius 1 is 1.13 bits per heavy atom. The van der Waals surface area contributed by atoms with Crippen LogP contribution in [0.4, 0.5) is 0 Å². The molecule has 164 valence electrons. The second-order valence-corrected chi connectivity index (χ2v) is 7.72. The number of carbonyl (C=O) groups excluding carboxylic acids is 3. The molecular formula is C21H27NO8. The monoisotopic (exact) mass is 421 g/mol. The third-order valence-corrected chi connectivity index (χ3v) is 4.94. The molecule has 9 heteroatoms. The first-order valence-electron chi connectivity index (χ1n) is 9.77. The molecule has 5 atom stereocenters. The van der Waals surface area contributed by atoms with Crippen molar-refractivity contribution in [3.05, 3.63) is 35.9 Å². The lowest BCUT2D eigenvalue weighted by atomic mass is 10.0. The number of ether oxygens (including phenoxy) is 5. The average molecular weight is 421 g/mol. The Labute approximate surface area is 174 Å². The topological polar surface area (TPSA) is 109 Å². The number of benzene rings is 1. The van der Waals surface area contributed by atoms with Gasteiger partial charge in [-0.25, -0.2) is 0 Å². The Kier molecular flexibility index (Phi) is 6.74. The predicted octanol–water partition coefficient (Wildman–Crippen LogP) is 1.09. The van der Waals surface area contributed by atoms with E-state index in [1.807, 2.05) is 30.3 Å². The van der Waals surface area contributed by atoms with Crippen LogP contribution in [0, 0.1) is 0 Å². The summed E-state index contributed by atoms with van der Waals surface area (Å²) in [6, 6.07) is 9.33. The smallest absolute Gasteiger partial charge is 0.308 e. The van der Waals surface area contributed by atoms with E-state index >= 15 is 0 Å². The Morgan fingerprint density at radius 2 is 1.80 bits per heavy atom. The molecule has 30 heavy (non-hydrogen) atoms. The van der Waals surface area contributed by atoms with Gasteiger partial charge in [-0.05, 0) is 19.4 Å². The first-order valence-corrected chi connectivity index (χ1v) is 9.77. The Morgan fingerprint density at radius 3 is 2.43 bits per heavy atom. The molecule has 1 aromatic carbocycles. The van der Waals surface area contributed by atoms with E-state index in [1.165, 1.54) is 14.0 Å². The molecule has 9 nitrogen and oxygen atoms in total. The number of amides is 1. The molecule has 3 rings (SSSR count). The van der Waals surface area contributed by atoms with Crippen molar-refractivity contribution in [2.75, 3.05) is 7.11 Å². The first kappa shape index (κ1) is 22.2. The summed E-state index contributed by atoms with van der Waals surface area (Å²) < 4.78 is 27.8. The van der Waals surface area contributed by atoms with Crippen molar-refractivity contribution in [2.45, 2.75) is 70.0 Å². The second kappa shape index (κ2) is 9.11. The number of carbonyl (C=O) groups is 3. The van der Waals surface area contributed by atoms with Crippen LogP contribution in [-0.4, -0.2) is 61.3 Å². The molecule has 1 N–H and O–H groups in total. The van der Waals surface area contributed by atoms with E-state index in [9.17, 15) is 14.4 Å². The van der Waals surface area contributed by atoms with Crippen molar-refractivity contribution >= 4 is 17.8 Å². The van der Waals surface area contributed by atoms with Crippen LogP contribution in [0.25, 0.3) is 0 Å². The van der Waals surface area contributed by atoms with Crippen LogP contribution in [0.5, 0.6) is 0 Å². The lowest BCUT2D eigenvalue weighted by molar-refractivity contribution is -0.204. The maximum Gasteiger partial charge on any atom is 0.308 e. The zero-order valence-electron chi connectivity index (χ0n) is 17.5. The highest BCUT2D eigenvalue weighted by molar-refractivity contribution is 5.84. The number of methoxy groups -OCH3 is 1. The number of hydrogen-bond acceptors (Lipinski definition) is 8. The molecular weight excluding hydrogens is 394 g/mol. The van der Waals surface area contributed by atoms with Gasteiger partial charge < -0.3 is 29.0 Å². The molecule has 0 aromatic heterocycles. The molecule has 0 radical (unpaired) electrons. The van der Waals surface area contributed by atoms with E-state index in [4.69, 9.17) is 23.7 Å². The minimum Gasteiger partial charge on any atom is -0.469 e. The fourth-order valence-electron chi connectivity index (χ4n) is 3.71. The van der Waals surface area contributed by atoms with Gasteiger partial charge in [0.2, 0.25) is 6.10 Å². The zero-order valence-corrected chi connectivity index (χ0v) is 17.5. The summed E-state index contributed by atoms with van der Waals surface area (Å²) in [6.07, 6.45) is -4.28. The summed E-state index contributed by atoms with van der Waals surface area (Å²) in [7, 11) is 1.28. The van der Waals surface area contributed by atoms with Crippen LogP contribution in [0.2, 0.25) is 0 Å². The Hall–Kier alpha value is -2.49. The maximum absolute atomic E-state index is 12.9. The number of esters is 2. The van der Waals surface area contributed by atoms with E-state index in [1.54, 1.807) is 13.8 Å². The second-order valence-electron chi connectivity index (χ2n) is 7.72. The lowest BCUT2D eigenvalue weighted by Crippen LogP contribution is -2.49. The fourth-order valence-corrected chi connectivity index (χ4v) is 3.71. The summed E-state index contributed by atoms with van der Waals surface area (Å²) >= 11 is 0. The number of nitrogens with one attached hydrogen (secondary N) is 1. The molecule has 2 saturated heterocycles. The fraction of sp³-hybridized carbons (Fsp3) is 0.571. The van der Waals surface area contributed by atoms with Gasteiger partial charge in [0, 0.05) is 13.5 Å². The quantitative estimate of drug-likeness (QED) is 0.652. The van der Waals surface area contributed by atoms with Gasteiger partial charge in [0.25, 0.3) is 5.91 Å². The minimum atomic E-state index is -1.26. The van der Waals surface area contributed by atoms with Crippen LogP contribution >= 0.6 is 0 Å². The van der Waals surface area contributed by atoms with Gasteiger partial charge in [0.1, 0.15) is 18.3 Å². The van der Waals surface area contributed by atoms with E-state index in [-0.39, 0.29) is 13.0 Å². The summed E-state index contributed by atoms with van der Waals surface area (Å²) in [6.45, 7) is 4.93. The van der Waals surface area contributed by atoms with Crippen molar-refractivity contribution in [1.29, 1.82) is 0 Å². The Bertz CT molecular complexity index is 780. The van der Waals surface area contributed by atoms with Crippen molar-refractivity contribution in [3.63, 3.8) is 0 Å². The van der Waals surface area contributed by atoms with Crippen LogP contribution in [0.1, 0.15) is 32.8 Å². The average Bonchev–Trinajstić information content (AvgIpc) is 3.18. The molecule has 0 unspecified atom stereocenters. The van der Waals surface area contributed by atoms with E-state index in [2.05, 4.69) is 5.32 Å². The highest BCUT2D eigenvalue weighted by Gasteiger charge is 2.59. The van der Waals surface area contributed by atoms with Gasteiger partial charge in [-0.15, -0.1) is 0 Å². The highest BCUT2D eigenvalue weighted by Crippen LogP contribution is 2.41. The number of rotatable bonds is 7. The highest BCUT2D eigenvalue weighted by atomic mass is 16.8. The van der Waals surface area contributed by atoms with Gasteiger partial charge in [0.05, 0.1) is 19.6 Å². The lowest BCUT2D eigenvalue weighted by Gasteiger charge is -2.28. The number of hydrogen-bond donors (Lipinski definition) is 1. The SMILES string of the molecule is COC(=O)C[C@@H]1O[C@H]([C@H](OC(C)=O)C(=O)NCc2ccccc2)[C@H]2OC(C)(C)O[C@H]21. The molecule has 0 spiro atoms. The maximum atomic E-state index is 12.9. The molecule has 2 aliphatic heterocycles. The van der Waals surface area contributed by atoms with Crippen LogP contribution in [0.3, 0.4) is 0 Å². The summed E-state index contributed by atoms with van der Waals surface area (Å²) in [5, 5.41) is 2.76. The minimum absolute atomic E-state index is 0.0773. The van der Waals surface area contributed by atoms with Crippen LogP contribution < -0.4 is 5.32 Å². The third-order valence-electron chi connectivity index (χ3n) is 4.94. The largest absolute Gasteiger partial charge is 0.469 e. The molecule has 2 heterocycles. The summed E-state index contributed by atoms with van der Waals surface area (Å²) in [4.78, 5) is 36.4. The van der Waals surface area contributed by atoms with Crippen molar-refractivity contribution in [2.24, 2.45) is 0 Å². The van der Waals surface area contributed by atoms with Gasteiger partial charge in [0.15, 0.2) is 5.79 Å². The normalized spacial score (nSPS) is 27.7. The van der Waals surface area contributed by atoms with Gasteiger partial charge in [-0.2, -0.15) is 0 Å². The van der Waals surface area contributed by atoms with Crippen molar-refractivity contribution in [3.8, 4) is 0 Å². The van der Waals surface area contributed by atoms with E-state index in [0.717, 1.165) is 5.56 Å². The van der Waals surface area contributed by atoms with Gasteiger partial charge in [-0.1, -0.05) is 30.3 Å². The predicted molar refractivity (Wildman–Crippen MR) is 103 cm³/mol. The summed E-state index contributed by atoms with van der Waals surface area (Å²) in [5.74, 6) is -2.58. The summed E-state index contributed by atoms with van der Waals surface area (Å²) in [5.41, 5.74) is 0.891. The van der Waals surface area contributed by atoms with Gasteiger partial charge in [-0.3, -0.25) is 14.4 Å². The Balaban J connectivity index is 1.78. The number of fused-ring (bicyclic) bond motifs is 1. The molecule has 0 aliphatic carbocycles. The molecule has 2 aliphatic rings.